The fourth-order valence-electron chi connectivity index (χ4n) is 1.87. The molecule has 2 aromatic rings. The van der Waals surface area contributed by atoms with Crippen LogP contribution in [0.1, 0.15) is 38.6 Å². The second-order valence-corrected chi connectivity index (χ2v) is 4.66. The number of aromatic nitrogens is 3. The topological polar surface area (TPSA) is 79.5 Å². The molecule has 2 heterocycles. The summed E-state index contributed by atoms with van der Waals surface area (Å²) in [6.07, 6.45) is 2.16. The maximum Gasteiger partial charge on any atom is 0.220 e. The van der Waals surface area contributed by atoms with Crippen LogP contribution in [0.25, 0.3) is 5.65 Å². The first kappa shape index (κ1) is 13.5. The summed E-state index contributed by atoms with van der Waals surface area (Å²) in [5, 5.41) is 20.1. The fourth-order valence-corrected chi connectivity index (χ4v) is 1.87. The van der Waals surface area contributed by atoms with Gasteiger partial charge >= 0.3 is 0 Å². The summed E-state index contributed by atoms with van der Waals surface area (Å²) in [7, 11) is 0. The minimum atomic E-state index is -0.463. The van der Waals surface area contributed by atoms with Gasteiger partial charge in [0.1, 0.15) is 0 Å². The highest BCUT2D eigenvalue weighted by atomic mass is 16.3. The van der Waals surface area contributed by atoms with Gasteiger partial charge in [0.05, 0.1) is 12.1 Å². The third-order valence-corrected chi connectivity index (χ3v) is 2.89. The summed E-state index contributed by atoms with van der Waals surface area (Å²) in [5.41, 5.74) is 0.752. The summed E-state index contributed by atoms with van der Waals surface area (Å²) in [6, 6.07) is 5.42. The van der Waals surface area contributed by atoms with Crippen LogP contribution in [0.3, 0.4) is 0 Å². The van der Waals surface area contributed by atoms with Gasteiger partial charge in [-0.15, -0.1) is 10.2 Å². The zero-order valence-electron chi connectivity index (χ0n) is 11.1. The van der Waals surface area contributed by atoms with E-state index in [1.54, 1.807) is 6.92 Å². The maximum absolute atomic E-state index is 11.7. The van der Waals surface area contributed by atoms with Gasteiger partial charge in [-0.25, -0.2) is 0 Å². The van der Waals surface area contributed by atoms with Crippen molar-refractivity contribution in [3.63, 3.8) is 0 Å². The molecule has 6 heteroatoms. The minimum Gasteiger partial charge on any atom is -0.393 e. The molecular weight excluding hydrogens is 244 g/mol. The van der Waals surface area contributed by atoms with Crippen molar-refractivity contribution in [2.75, 3.05) is 0 Å². The summed E-state index contributed by atoms with van der Waals surface area (Å²) in [6.45, 7) is 3.53. The summed E-state index contributed by atoms with van der Waals surface area (Å²) >= 11 is 0. The second-order valence-electron chi connectivity index (χ2n) is 4.66. The van der Waals surface area contributed by atoms with E-state index in [0.717, 1.165) is 5.65 Å². The molecule has 2 aromatic heterocycles. The number of aliphatic hydroxyl groups is 1. The molecule has 2 unspecified atom stereocenters. The van der Waals surface area contributed by atoms with Crippen LogP contribution in [0.4, 0.5) is 0 Å². The normalized spacial score (nSPS) is 14.3. The molecule has 2 rings (SSSR count). The predicted molar refractivity (Wildman–Crippen MR) is 70.5 cm³/mol. The Bertz CT molecular complexity index is 565. The lowest BCUT2D eigenvalue weighted by Gasteiger charge is -2.12. The number of carbonyl (C=O) groups excluding carboxylic acids is 1. The quantitative estimate of drug-likeness (QED) is 0.844. The monoisotopic (exact) mass is 262 g/mol. The molecule has 0 aromatic carbocycles. The molecule has 0 saturated carbocycles. The van der Waals surface area contributed by atoms with E-state index in [9.17, 15) is 4.79 Å². The Morgan fingerprint density at radius 1 is 1.42 bits per heavy atom. The Balaban J connectivity index is 2.03. The van der Waals surface area contributed by atoms with Gasteiger partial charge in [0.25, 0.3) is 0 Å². The molecule has 0 spiro atoms. The number of nitrogens with zero attached hydrogens (tertiary/aromatic N) is 3. The predicted octanol–water partition coefficient (Wildman–Crippen LogP) is 1.07. The first-order valence-corrected chi connectivity index (χ1v) is 6.35. The van der Waals surface area contributed by atoms with Crippen LogP contribution in [0.5, 0.6) is 0 Å². The maximum atomic E-state index is 11.7. The number of pyridine rings is 1. The molecule has 0 aliphatic heterocycles. The van der Waals surface area contributed by atoms with Crippen LogP contribution in [-0.2, 0) is 4.79 Å². The minimum absolute atomic E-state index is 0.0962. The molecule has 0 fully saturated rings. The van der Waals surface area contributed by atoms with Gasteiger partial charge in [-0.3, -0.25) is 9.20 Å². The van der Waals surface area contributed by atoms with E-state index in [1.807, 2.05) is 35.7 Å². The van der Waals surface area contributed by atoms with Crippen LogP contribution in [0.2, 0.25) is 0 Å². The van der Waals surface area contributed by atoms with Gasteiger partial charge in [-0.05, 0) is 32.4 Å². The Morgan fingerprint density at radius 2 is 2.21 bits per heavy atom. The Morgan fingerprint density at radius 3 is 2.95 bits per heavy atom. The molecular formula is C13H18N4O2. The van der Waals surface area contributed by atoms with E-state index in [4.69, 9.17) is 5.11 Å². The zero-order valence-corrected chi connectivity index (χ0v) is 11.1. The van der Waals surface area contributed by atoms with Crippen LogP contribution in [0.15, 0.2) is 24.4 Å². The summed E-state index contributed by atoms with van der Waals surface area (Å²) in [4.78, 5) is 11.7. The SMILES string of the molecule is CC(O)CCC(=O)NC(C)c1nnc2ccccn12. The number of rotatable bonds is 5. The highest BCUT2D eigenvalue weighted by Crippen LogP contribution is 2.12. The molecule has 0 aliphatic carbocycles. The van der Waals surface area contributed by atoms with Crippen molar-refractivity contribution >= 4 is 11.6 Å². The zero-order chi connectivity index (χ0) is 13.8. The Hall–Kier alpha value is -1.95. The summed E-state index contributed by atoms with van der Waals surface area (Å²) < 4.78 is 1.85. The molecule has 6 nitrogen and oxygen atoms in total. The smallest absolute Gasteiger partial charge is 0.220 e. The molecule has 1 amide bonds. The van der Waals surface area contributed by atoms with Gasteiger partial charge < -0.3 is 10.4 Å². The van der Waals surface area contributed by atoms with Crippen LogP contribution < -0.4 is 5.32 Å². The largest absolute Gasteiger partial charge is 0.393 e. The van der Waals surface area contributed by atoms with E-state index in [-0.39, 0.29) is 11.9 Å². The first-order valence-electron chi connectivity index (χ1n) is 6.35. The van der Waals surface area contributed by atoms with Gasteiger partial charge in [0.15, 0.2) is 11.5 Å². The van der Waals surface area contributed by atoms with Crippen molar-refractivity contribution in [3.05, 3.63) is 30.2 Å². The van der Waals surface area contributed by atoms with Crippen molar-refractivity contribution in [3.8, 4) is 0 Å². The van der Waals surface area contributed by atoms with E-state index < -0.39 is 6.10 Å². The third-order valence-electron chi connectivity index (χ3n) is 2.89. The van der Waals surface area contributed by atoms with E-state index in [0.29, 0.717) is 18.7 Å². The van der Waals surface area contributed by atoms with Gasteiger partial charge in [-0.2, -0.15) is 0 Å². The third kappa shape index (κ3) is 3.29. The lowest BCUT2D eigenvalue weighted by atomic mass is 10.2. The standard InChI is InChI=1S/C13H18N4O2/c1-9(18)6-7-12(19)14-10(2)13-16-15-11-5-3-4-8-17(11)13/h3-5,8-10,18H,6-7H2,1-2H3,(H,14,19). The van der Waals surface area contributed by atoms with Crippen molar-refractivity contribution in [1.29, 1.82) is 0 Å². The molecule has 0 bridgehead atoms. The van der Waals surface area contributed by atoms with Gasteiger partial charge in [0.2, 0.25) is 5.91 Å². The molecule has 2 N–H and O–H groups in total. The van der Waals surface area contributed by atoms with Crippen molar-refractivity contribution in [1.82, 2.24) is 19.9 Å². The van der Waals surface area contributed by atoms with Crippen LogP contribution in [0, 0.1) is 0 Å². The summed E-state index contributed by atoms with van der Waals surface area (Å²) in [5.74, 6) is 0.599. The average Bonchev–Trinajstić information content (AvgIpc) is 2.80. The van der Waals surface area contributed by atoms with Crippen molar-refractivity contribution < 1.29 is 9.90 Å². The van der Waals surface area contributed by atoms with Gasteiger partial charge in [-0.1, -0.05) is 6.07 Å². The van der Waals surface area contributed by atoms with Gasteiger partial charge in [0, 0.05) is 12.6 Å². The number of carbonyl (C=O) groups is 1. The van der Waals surface area contributed by atoms with E-state index >= 15 is 0 Å². The van der Waals surface area contributed by atoms with E-state index in [1.165, 1.54) is 0 Å². The van der Waals surface area contributed by atoms with Crippen molar-refractivity contribution in [2.45, 2.75) is 38.8 Å². The Kier molecular flexibility index (Phi) is 4.11. The number of nitrogens with one attached hydrogen (secondary N) is 1. The lowest BCUT2D eigenvalue weighted by molar-refractivity contribution is -0.122. The molecule has 2 atom stereocenters. The van der Waals surface area contributed by atoms with Crippen LogP contribution in [-0.4, -0.2) is 31.7 Å². The first-order chi connectivity index (χ1) is 9.08. The highest BCUT2D eigenvalue weighted by molar-refractivity contribution is 5.76. The fraction of sp³-hybridized carbons (Fsp3) is 0.462. The number of amides is 1. The van der Waals surface area contributed by atoms with Crippen molar-refractivity contribution in [2.24, 2.45) is 0 Å². The number of fused-ring (bicyclic) bond motifs is 1. The highest BCUT2D eigenvalue weighted by Gasteiger charge is 2.15. The number of hydrogen-bond acceptors (Lipinski definition) is 4. The molecule has 0 radical (unpaired) electrons. The number of aliphatic hydroxyl groups excluding tert-OH is 1. The Labute approximate surface area is 111 Å². The molecule has 19 heavy (non-hydrogen) atoms. The van der Waals surface area contributed by atoms with Crippen LogP contribution >= 0.6 is 0 Å². The molecule has 102 valence electrons. The second kappa shape index (κ2) is 5.79. The van der Waals surface area contributed by atoms with E-state index in [2.05, 4.69) is 15.5 Å². The lowest BCUT2D eigenvalue weighted by Crippen LogP contribution is -2.28. The number of hydrogen-bond donors (Lipinski definition) is 2. The molecule has 0 saturated heterocycles. The molecule has 0 aliphatic rings. The average molecular weight is 262 g/mol.